The summed E-state index contributed by atoms with van der Waals surface area (Å²) in [6, 6.07) is 5.30. The van der Waals surface area contributed by atoms with Gasteiger partial charge in [0.2, 0.25) is 0 Å². The molecular weight excluding hydrogens is 262 g/mol. The molecule has 0 aliphatic rings. The first-order chi connectivity index (χ1) is 8.91. The van der Waals surface area contributed by atoms with Crippen LogP contribution < -0.4 is 5.32 Å². The second-order valence-electron chi connectivity index (χ2n) is 4.54. The summed E-state index contributed by atoms with van der Waals surface area (Å²) in [6.45, 7) is 5.62. The number of hydrogen-bond acceptors (Lipinski definition) is 2. The first kappa shape index (κ1) is 13.6. The lowest BCUT2D eigenvalue weighted by molar-refractivity contribution is 0.102. The molecule has 1 aromatic carbocycles. The standard InChI is InChI=1S/C14H16ClN3O/c1-8-11(6-5-7-12(8)15)14(19)16-13-9(2)17-18(4)10(13)3/h5-7H,1-4H3,(H,16,19). The SMILES string of the molecule is Cc1nn(C)c(C)c1NC(=O)c1cccc(Cl)c1C. The molecule has 0 saturated heterocycles. The second kappa shape index (κ2) is 5.05. The molecule has 1 amide bonds. The van der Waals surface area contributed by atoms with Crippen molar-refractivity contribution in [3.05, 3.63) is 45.7 Å². The lowest BCUT2D eigenvalue weighted by Crippen LogP contribution is -2.14. The maximum Gasteiger partial charge on any atom is 0.256 e. The molecule has 2 rings (SSSR count). The number of aryl methyl sites for hydroxylation is 2. The smallest absolute Gasteiger partial charge is 0.256 e. The molecule has 0 radical (unpaired) electrons. The number of nitrogens with one attached hydrogen (secondary N) is 1. The van der Waals surface area contributed by atoms with Crippen LogP contribution in [0.1, 0.15) is 27.3 Å². The van der Waals surface area contributed by atoms with E-state index in [0.29, 0.717) is 10.6 Å². The summed E-state index contributed by atoms with van der Waals surface area (Å²) in [6.07, 6.45) is 0. The molecule has 0 spiro atoms. The Morgan fingerprint density at radius 1 is 1.32 bits per heavy atom. The first-order valence-electron chi connectivity index (χ1n) is 5.98. The topological polar surface area (TPSA) is 46.9 Å². The molecule has 1 aromatic heterocycles. The van der Waals surface area contributed by atoms with Gasteiger partial charge in [-0.3, -0.25) is 9.48 Å². The van der Waals surface area contributed by atoms with Gasteiger partial charge < -0.3 is 5.32 Å². The van der Waals surface area contributed by atoms with Gasteiger partial charge in [-0.1, -0.05) is 17.7 Å². The highest BCUT2D eigenvalue weighted by Gasteiger charge is 2.15. The van der Waals surface area contributed by atoms with Crippen LogP contribution in [-0.4, -0.2) is 15.7 Å². The van der Waals surface area contributed by atoms with E-state index in [1.54, 1.807) is 22.9 Å². The Bertz CT molecular complexity index is 646. The molecule has 0 fully saturated rings. The van der Waals surface area contributed by atoms with Gasteiger partial charge in [0, 0.05) is 17.6 Å². The van der Waals surface area contributed by atoms with Gasteiger partial charge in [-0.25, -0.2) is 0 Å². The maximum atomic E-state index is 12.3. The molecule has 0 saturated carbocycles. The lowest BCUT2D eigenvalue weighted by atomic mass is 10.1. The molecule has 0 atom stereocenters. The Morgan fingerprint density at radius 2 is 2.00 bits per heavy atom. The van der Waals surface area contributed by atoms with Gasteiger partial charge in [0.25, 0.3) is 5.91 Å². The molecule has 1 heterocycles. The number of hydrogen-bond donors (Lipinski definition) is 1. The van der Waals surface area contributed by atoms with Gasteiger partial charge >= 0.3 is 0 Å². The maximum absolute atomic E-state index is 12.3. The second-order valence-corrected chi connectivity index (χ2v) is 4.94. The summed E-state index contributed by atoms with van der Waals surface area (Å²) in [5, 5.41) is 7.77. The van der Waals surface area contributed by atoms with Gasteiger partial charge in [-0.05, 0) is 38.5 Å². The van der Waals surface area contributed by atoms with Crippen molar-refractivity contribution in [3.63, 3.8) is 0 Å². The Kier molecular flexibility index (Phi) is 3.62. The highest BCUT2D eigenvalue weighted by atomic mass is 35.5. The Labute approximate surface area is 117 Å². The molecule has 2 aromatic rings. The Morgan fingerprint density at radius 3 is 2.58 bits per heavy atom. The van der Waals surface area contributed by atoms with Crippen molar-refractivity contribution in [2.45, 2.75) is 20.8 Å². The van der Waals surface area contributed by atoms with Crippen LogP contribution in [0, 0.1) is 20.8 Å². The molecule has 100 valence electrons. The number of aromatic nitrogens is 2. The number of benzene rings is 1. The summed E-state index contributed by atoms with van der Waals surface area (Å²) >= 11 is 6.03. The highest BCUT2D eigenvalue weighted by Crippen LogP contribution is 2.22. The fraction of sp³-hybridized carbons (Fsp3) is 0.286. The van der Waals surface area contributed by atoms with E-state index in [9.17, 15) is 4.79 Å². The average molecular weight is 278 g/mol. The first-order valence-corrected chi connectivity index (χ1v) is 6.36. The summed E-state index contributed by atoms with van der Waals surface area (Å²) in [7, 11) is 1.85. The predicted octanol–water partition coefficient (Wildman–Crippen LogP) is 3.25. The van der Waals surface area contributed by atoms with Crippen molar-refractivity contribution in [1.29, 1.82) is 0 Å². The van der Waals surface area contributed by atoms with Crippen LogP contribution in [-0.2, 0) is 7.05 Å². The molecular formula is C14H16ClN3O. The third-order valence-corrected chi connectivity index (χ3v) is 3.67. The monoisotopic (exact) mass is 277 g/mol. The van der Waals surface area contributed by atoms with Gasteiger partial charge in [-0.15, -0.1) is 0 Å². The number of rotatable bonds is 2. The third kappa shape index (κ3) is 2.49. The molecule has 0 bridgehead atoms. The number of carbonyl (C=O) groups is 1. The lowest BCUT2D eigenvalue weighted by Gasteiger charge is -2.09. The summed E-state index contributed by atoms with van der Waals surface area (Å²) in [5.74, 6) is -0.167. The summed E-state index contributed by atoms with van der Waals surface area (Å²) in [4.78, 5) is 12.3. The van der Waals surface area contributed by atoms with Crippen LogP contribution in [0.25, 0.3) is 0 Å². The normalized spacial score (nSPS) is 10.6. The third-order valence-electron chi connectivity index (χ3n) is 3.26. The van der Waals surface area contributed by atoms with Crippen molar-refractivity contribution in [1.82, 2.24) is 9.78 Å². The fourth-order valence-corrected chi connectivity index (χ4v) is 2.16. The van der Waals surface area contributed by atoms with Crippen LogP contribution in [0.3, 0.4) is 0 Å². The van der Waals surface area contributed by atoms with Gasteiger partial charge in [0.15, 0.2) is 0 Å². The van der Waals surface area contributed by atoms with Crippen LogP contribution in [0.2, 0.25) is 5.02 Å². The summed E-state index contributed by atoms with van der Waals surface area (Å²) in [5.41, 5.74) is 3.83. The van der Waals surface area contributed by atoms with Crippen LogP contribution in [0.4, 0.5) is 5.69 Å². The zero-order chi connectivity index (χ0) is 14.2. The number of nitrogens with zero attached hydrogens (tertiary/aromatic N) is 2. The van der Waals surface area contributed by atoms with E-state index in [2.05, 4.69) is 10.4 Å². The van der Waals surface area contributed by atoms with Crippen molar-refractivity contribution < 1.29 is 4.79 Å². The number of carbonyl (C=O) groups excluding carboxylic acids is 1. The highest BCUT2D eigenvalue weighted by molar-refractivity contribution is 6.32. The van der Waals surface area contributed by atoms with Gasteiger partial charge in [0.1, 0.15) is 0 Å². The van der Waals surface area contributed by atoms with Crippen molar-refractivity contribution in [2.75, 3.05) is 5.32 Å². The number of halogens is 1. The number of amides is 1. The Hall–Kier alpha value is -1.81. The molecule has 0 aliphatic carbocycles. The molecule has 5 heteroatoms. The Balaban J connectivity index is 2.34. The van der Waals surface area contributed by atoms with E-state index < -0.39 is 0 Å². The van der Waals surface area contributed by atoms with E-state index in [-0.39, 0.29) is 5.91 Å². The van der Waals surface area contributed by atoms with E-state index in [0.717, 1.165) is 22.6 Å². The fourth-order valence-electron chi connectivity index (χ4n) is 1.99. The zero-order valence-corrected chi connectivity index (χ0v) is 12.2. The summed E-state index contributed by atoms with van der Waals surface area (Å²) < 4.78 is 1.75. The van der Waals surface area contributed by atoms with E-state index in [1.807, 2.05) is 27.8 Å². The van der Waals surface area contributed by atoms with E-state index in [1.165, 1.54) is 0 Å². The van der Waals surface area contributed by atoms with E-state index >= 15 is 0 Å². The molecule has 4 nitrogen and oxygen atoms in total. The molecule has 0 aliphatic heterocycles. The van der Waals surface area contributed by atoms with Crippen molar-refractivity contribution in [3.8, 4) is 0 Å². The van der Waals surface area contributed by atoms with Crippen LogP contribution >= 0.6 is 11.6 Å². The van der Waals surface area contributed by atoms with Crippen LogP contribution in [0.5, 0.6) is 0 Å². The average Bonchev–Trinajstić information content (AvgIpc) is 2.59. The minimum atomic E-state index is -0.167. The van der Waals surface area contributed by atoms with Gasteiger partial charge in [0.05, 0.1) is 17.1 Å². The van der Waals surface area contributed by atoms with Gasteiger partial charge in [-0.2, -0.15) is 5.10 Å². The van der Waals surface area contributed by atoms with Crippen molar-refractivity contribution in [2.24, 2.45) is 7.05 Å². The predicted molar refractivity (Wildman–Crippen MR) is 76.8 cm³/mol. The quantitative estimate of drug-likeness (QED) is 0.916. The molecule has 1 N–H and O–H groups in total. The zero-order valence-electron chi connectivity index (χ0n) is 11.4. The van der Waals surface area contributed by atoms with Crippen LogP contribution in [0.15, 0.2) is 18.2 Å². The van der Waals surface area contributed by atoms with Crippen molar-refractivity contribution >= 4 is 23.2 Å². The molecule has 0 unspecified atom stereocenters. The number of anilines is 1. The molecule has 19 heavy (non-hydrogen) atoms. The largest absolute Gasteiger partial charge is 0.319 e. The minimum absolute atomic E-state index is 0.167. The van der Waals surface area contributed by atoms with E-state index in [4.69, 9.17) is 11.6 Å². The minimum Gasteiger partial charge on any atom is -0.319 e.